The van der Waals surface area contributed by atoms with Crippen LogP contribution in [0.2, 0.25) is 0 Å². The number of hydrogen-bond acceptors (Lipinski definition) is 2. The SMILES string of the molecule is CNC(/C=C\C=C\I)=C/N. The molecule has 0 unspecified atom stereocenters. The molecule has 2 nitrogen and oxygen atoms in total. The van der Waals surface area contributed by atoms with Crippen molar-refractivity contribution in [2.75, 3.05) is 7.05 Å². The fourth-order valence-electron chi connectivity index (χ4n) is 0.423. The van der Waals surface area contributed by atoms with Gasteiger partial charge in [0.1, 0.15) is 0 Å². The van der Waals surface area contributed by atoms with E-state index in [0.717, 1.165) is 5.70 Å². The summed E-state index contributed by atoms with van der Waals surface area (Å²) in [6, 6.07) is 0. The molecule has 10 heavy (non-hydrogen) atoms. The summed E-state index contributed by atoms with van der Waals surface area (Å²) in [5.74, 6) is 0. The molecule has 3 N–H and O–H groups in total. The van der Waals surface area contributed by atoms with Crippen molar-refractivity contribution in [2.45, 2.75) is 0 Å². The van der Waals surface area contributed by atoms with E-state index in [4.69, 9.17) is 5.73 Å². The molecule has 0 amide bonds. The molecule has 0 aromatic carbocycles. The predicted molar refractivity (Wildman–Crippen MR) is 53.6 cm³/mol. The zero-order chi connectivity index (χ0) is 7.82. The monoisotopic (exact) mass is 250 g/mol. The first-order valence-corrected chi connectivity index (χ1v) is 4.12. The third-order valence-corrected chi connectivity index (χ3v) is 1.34. The standard InChI is InChI=1S/C7H11IN2/c1-10-7(6-9)4-2-3-5-8/h2-6,10H,9H2,1H3/b4-2-,5-3+,7-6+. The Balaban J connectivity index is 3.85. The van der Waals surface area contributed by atoms with Gasteiger partial charge in [0.05, 0.1) is 0 Å². The Morgan fingerprint density at radius 2 is 2.20 bits per heavy atom. The Kier molecular flexibility index (Phi) is 6.37. The average molecular weight is 250 g/mol. The summed E-state index contributed by atoms with van der Waals surface area (Å²) in [4.78, 5) is 0. The van der Waals surface area contributed by atoms with Gasteiger partial charge in [0.15, 0.2) is 0 Å². The van der Waals surface area contributed by atoms with Gasteiger partial charge in [0, 0.05) is 18.9 Å². The highest BCUT2D eigenvalue weighted by Gasteiger charge is 1.78. The van der Waals surface area contributed by atoms with Gasteiger partial charge in [-0.2, -0.15) is 0 Å². The van der Waals surface area contributed by atoms with E-state index in [2.05, 4.69) is 27.9 Å². The molecule has 0 aromatic rings. The molecule has 0 radical (unpaired) electrons. The molecule has 0 atom stereocenters. The summed E-state index contributed by atoms with van der Waals surface area (Å²) in [5, 5.41) is 2.92. The van der Waals surface area contributed by atoms with Crippen LogP contribution in [0.3, 0.4) is 0 Å². The fourth-order valence-corrected chi connectivity index (χ4v) is 0.663. The molecule has 0 bridgehead atoms. The molecule has 0 aliphatic carbocycles. The lowest BCUT2D eigenvalue weighted by Crippen LogP contribution is -2.04. The van der Waals surface area contributed by atoms with Gasteiger partial charge in [-0.05, 0) is 10.2 Å². The first-order chi connectivity index (χ1) is 4.85. The van der Waals surface area contributed by atoms with Gasteiger partial charge < -0.3 is 11.1 Å². The van der Waals surface area contributed by atoms with E-state index >= 15 is 0 Å². The van der Waals surface area contributed by atoms with Crippen LogP contribution >= 0.6 is 22.6 Å². The summed E-state index contributed by atoms with van der Waals surface area (Å²) in [6.07, 6.45) is 7.27. The lowest BCUT2D eigenvalue weighted by Gasteiger charge is -1.95. The number of nitrogens with one attached hydrogen (secondary N) is 1. The minimum atomic E-state index is 0.912. The second-order valence-electron chi connectivity index (χ2n) is 1.55. The van der Waals surface area contributed by atoms with Gasteiger partial charge in [-0.3, -0.25) is 0 Å². The second kappa shape index (κ2) is 6.67. The summed E-state index contributed by atoms with van der Waals surface area (Å²) < 4.78 is 1.93. The smallest absolute Gasteiger partial charge is 0.0495 e. The lowest BCUT2D eigenvalue weighted by molar-refractivity contribution is 1.02. The van der Waals surface area contributed by atoms with Gasteiger partial charge in [0.25, 0.3) is 0 Å². The second-order valence-corrected chi connectivity index (χ2v) is 2.27. The van der Waals surface area contributed by atoms with Crippen molar-refractivity contribution in [1.29, 1.82) is 0 Å². The molecular formula is C7H11IN2. The molecule has 0 spiro atoms. The van der Waals surface area contributed by atoms with Crippen molar-refractivity contribution >= 4 is 22.6 Å². The Labute approximate surface area is 75.0 Å². The topological polar surface area (TPSA) is 38.0 Å². The van der Waals surface area contributed by atoms with Crippen LogP contribution in [0.1, 0.15) is 0 Å². The Bertz CT molecular complexity index is 159. The van der Waals surface area contributed by atoms with Gasteiger partial charge in [-0.15, -0.1) is 0 Å². The third kappa shape index (κ3) is 4.43. The van der Waals surface area contributed by atoms with Gasteiger partial charge in [-0.1, -0.05) is 34.7 Å². The van der Waals surface area contributed by atoms with Crippen LogP contribution in [0.5, 0.6) is 0 Å². The van der Waals surface area contributed by atoms with Crippen LogP contribution in [0, 0.1) is 0 Å². The van der Waals surface area contributed by atoms with Crippen LogP contribution in [0.4, 0.5) is 0 Å². The Morgan fingerprint density at radius 3 is 2.60 bits per heavy atom. The van der Waals surface area contributed by atoms with E-state index < -0.39 is 0 Å². The van der Waals surface area contributed by atoms with Crippen LogP contribution in [-0.4, -0.2) is 7.05 Å². The predicted octanol–water partition coefficient (Wildman–Crippen LogP) is 1.51. The summed E-state index contributed by atoms with van der Waals surface area (Å²) >= 11 is 2.16. The molecule has 0 fully saturated rings. The normalized spacial score (nSPS) is 13.2. The number of hydrogen-bond donors (Lipinski definition) is 2. The van der Waals surface area contributed by atoms with Crippen molar-refractivity contribution in [3.63, 3.8) is 0 Å². The summed E-state index contributed by atoms with van der Waals surface area (Å²) in [5.41, 5.74) is 6.18. The highest BCUT2D eigenvalue weighted by Crippen LogP contribution is 1.90. The maximum Gasteiger partial charge on any atom is 0.0495 e. The zero-order valence-electron chi connectivity index (χ0n) is 5.84. The van der Waals surface area contributed by atoms with Crippen LogP contribution in [-0.2, 0) is 0 Å². The highest BCUT2D eigenvalue weighted by molar-refractivity contribution is 14.1. The number of rotatable bonds is 3. The summed E-state index contributed by atoms with van der Waals surface area (Å²) in [7, 11) is 1.83. The summed E-state index contributed by atoms with van der Waals surface area (Å²) in [6.45, 7) is 0. The molecular weight excluding hydrogens is 239 g/mol. The molecule has 0 rings (SSSR count). The number of halogens is 1. The van der Waals surface area contributed by atoms with E-state index in [1.54, 1.807) is 0 Å². The van der Waals surface area contributed by atoms with Crippen molar-refractivity contribution in [2.24, 2.45) is 5.73 Å². The van der Waals surface area contributed by atoms with Gasteiger partial charge in [0.2, 0.25) is 0 Å². The lowest BCUT2D eigenvalue weighted by atomic mass is 10.4. The molecule has 0 aliphatic rings. The van der Waals surface area contributed by atoms with Crippen molar-refractivity contribution < 1.29 is 0 Å². The van der Waals surface area contributed by atoms with Crippen LogP contribution < -0.4 is 11.1 Å². The van der Waals surface area contributed by atoms with Crippen LogP contribution in [0.15, 0.2) is 34.2 Å². The van der Waals surface area contributed by atoms with E-state index in [1.165, 1.54) is 6.20 Å². The molecule has 0 saturated heterocycles. The molecule has 0 saturated carbocycles. The number of likely N-dealkylation sites (N-methyl/N-ethyl adjacent to an activating group) is 1. The zero-order valence-corrected chi connectivity index (χ0v) is 8.00. The molecule has 3 heteroatoms. The van der Waals surface area contributed by atoms with Crippen molar-refractivity contribution in [3.8, 4) is 0 Å². The van der Waals surface area contributed by atoms with Crippen molar-refractivity contribution in [1.82, 2.24) is 5.32 Å². The fraction of sp³-hybridized carbons (Fsp3) is 0.143. The van der Waals surface area contributed by atoms with Gasteiger partial charge >= 0.3 is 0 Å². The number of nitrogens with two attached hydrogens (primary N) is 1. The van der Waals surface area contributed by atoms with E-state index in [1.807, 2.05) is 29.4 Å². The van der Waals surface area contributed by atoms with E-state index in [9.17, 15) is 0 Å². The first-order valence-electron chi connectivity index (χ1n) is 2.88. The third-order valence-electron chi connectivity index (χ3n) is 0.928. The van der Waals surface area contributed by atoms with Crippen LogP contribution in [0.25, 0.3) is 0 Å². The minimum Gasteiger partial charge on any atom is -0.403 e. The Hall–Kier alpha value is -0.450. The molecule has 0 aromatic heterocycles. The average Bonchev–Trinajstić information content (AvgIpc) is 1.99. The van der Waals surface area contributed by atoms with E-state index in [-0.39, 0.29) is 0 Å². The molecule has 0 heterocycles. The van der Waals surface area contributed by atoms with E-state index in [0.29, 0.717) is 0 Å². The number of allylic oxidation sites excluding steroid dienone is 3. The largest absolute Gasteiger partial charge is 0.403 e. The maximum absolute atomic E-state index is 5.26. The quantitative estimate of drug-likeness (QED) is 0.588. The maximum atomic E-state index is 5.26. The molecule has 0 aliphatic heterocycles. The van der Waals surface area contributed by atoms with Crippen molar-refractivity contribution in [3.05, 3.63) is 34.2 Å². The highest BCUT2D eigenvalue weighted by atomic mass is 127. The first kappa shape index (κ1) is 9.55. The molecule has 56 valence electrons. The van der Waals surface area contributed by atoms with Gasteiger partial charge in [-0.25, -0.2) is 0 Å². The Morgan fingerprint density at radius 1 is 1.50 bits per heavy atom. The minimum absolute atomic E-state index is 0.912.